The van der Waals surface area contributed by atoms with Crippen LogP contribution >= 0.6 is 0 Å². The highest BCUT2D eigenvalue weighted by Gasteiger charge is 2.38. The predicted octanol–water partition coefficient (Wildman–Crippen LogP) is 5.10. The zero-order chi connectivity index (χ0) is 18.0. The summed E-state index contributed by atoms with van der Waals surface area (Å²) in [7, 11) is 0. The number of rotatable bonds is 4. The van der Waals surface area contributed by atoms with Crippen molar-refractivity contribution >= 4 is 5.69 Å². The molecule has 4 rings (SSSR count). The Morgan fingerprint density at radius 3 is 2.92 bits per heavy atom. The lowest BCUT2D eigenvalue weighted by Gasteiger charge is -2.45. The van der Waals surface area contributed by atoms with Crippen molar-refractivity contribution in [2.24, 2.45) is 0 Å². The van der Waals surface area contributed by atoms with Gasteiger partial charge >= 0.3 is 0 Å². The Kier molecular flexibility index (Phi) is 4.90. The zero-order valence-electron chi connectivity index (χ0n) is 15.9. The van der Waals surface area contributed by atoms with E-state index in [-0.39, 0.29) is 0 Å². The summed E-state index contributed by atoms with van der Waals surface area (Å²) in [5.74, 6) is 0.771. The fourth-order valence-electron chi connectivity index (χ4n) is 4.09. The lowest BCUT2D eigenvalue weighted by Crippen LogP contribution is -2.51. The summed E-state index contributed by atoms with van der Waals surface area (Å²) < 4.78 is 12.2. The Morgan fingerprint density at radius 2 is 2.15 bits per heavy atom. The second-order valence-corrected chi connectivity index (χ2v) is 7.60. The van der Waals surface area contributed by atoms with Gasteiger partial charge in [0, 0.05) is 18.7 Å². The molecule has 1 aromatic rings. The Morgan fingerprint density at radius 1 is 1.27 bits per heavy atom. The summed E-state index contributed by atoms with van der Waals surface area (Å²) in [4.78, 5) is 2.41. The number of hydrogen-bond donors (Lipinski definition) is 0. The minimum absolute atomic E-state index is 0.484. The molecule has 1 fully saturated rings. The van der Waals surface area contributed by atoms with Gasteiger partial charge in [-0.2, -0.15) is 0 Å². The van der Waals surface area contributed by atoms with Crippen LogP contribution in [0.4, 0.5) is 5.69 Å². The molecule has 1 saturated carbocycles. The molecule has 2 aliphatic carbocycles. The minimum Gasteiger partial charge on any atom is -0.472 e. The van der Waals surface area contributed by atoms with Crippen molar-refractivity contribution in [1.29, 1.82) is 0 Å². The third kappa shape index (κ3) is 3.45. The standard InChI is InChI=1S/C23H29NO2/c1-3-13-26-23(11-4-5-18(2)17-23)24-12-15-25-14-10-21-16-20(19-6-7-19)8-9-22(21)24/h3-5,8-9,13,16-17,19H,6-7,10-12,14-15H2,1-2H3. The van der Waals surface area contributed by atoms with Gasteiger partial charge in [0.15, 0.2) is 0 Å². The molecule has 1 aromatic carbocycles. The van der Waals surface area contributed by atoms with E-state index in [4.69, 9.17) is 9.47 Å². The van der Waals surface area contributed by atoms with Gasteiger partial charge in [0.05, 0.1) is 19.5 Å². The van der Waals surface area contributed by atoms with Crippen LogP contribution in [0.25, 0.3) is 0 Å². The number of allylic oxidation sites excluding steroid dienone is 3. The maximum atomic E-state index is 6.34. The Bertz CT molecular complexity index is 745. The van der Waals surface area contributed by atoms with Crippen molar-refractivity contribution in [2.45, 2.75) is 51.2 Å². The summed E-state index contributed by atoms with van der Waals surface area (Å²) in [5.41, 5.74) is 4.92. The van der Waals surface area contributed by atoms with E-state index in [1.807, 2.05) is 19.3 Å². The highest BCUT2D eigenvalue weighted by Crippen LogP contribution is 2.43. The lowest BCUT2D eigenvalue weighted by atomic mass is 9.94. The molecule has 0 amide bonds. The maximum absolute atomic E-state index is 6.34. The van der Waals surface area contributed by atoms with E-state index in [1.165, 1.54) is 35.2 Å². The van der Waals surface area contributed by atoms with Crippen molar-refractivity contribution in [3.8, 4) is 0 Å². The molecule has 26 heavy (non-hydrogen) atoms. The van der Waals surface area contributed by atoms with Crippen LogP contribution < -0.4 is 4.90 Å². The second kappa shape index (κ2) is 7.32. The lowest BCUT2D eigenvalue weighted by molar-refractivity contribution is 0.0522. The van der Waals surface area contributed by atoms with Crippen LogP contribution in [-0.4, -0.2) is 25.5 Å². The molecule has 3 aliphatic rings. The first-order valence-corrected chi connectivity index (χ1v) is 9.85. The van der Waals surface area contributed by atoms with Crippen molar-refractivity contribution in [2.75, 3.05) is 24.7 Å². The normalized spacial score (nSPS) is 26.2. The van der Waals surface area contributed by atoms with Crippen LogP contribution in [-0.2, 0) is 15.9 Å². The zero-order valence-corrected chi connectivity index (χ0v) is 15.9. The van der Waals surface area contributed by atoms with Crippen molar-refractivity contribution in [1.82, 2.24) is 0 Å². The Hall–Kier alpha value is -2.00. The van der Waals surface area contributed by atoms with E-state index in [0.29, 0.717) is 0 Å². The van der Waals surface area contributed by atoms with Crippen LogP contribution in [0.2, 0.25) is 0 Å². The fourth-order valence-corrected chi connectivity index (χ4v) is 4.09. The highest BCUT2D eigenvalue weighted by molar-refractivity contribution is 5.59. The molecule has 1 aliphatic heterocycles. The van der Waals surface area contributed by atoms with E-state index in [0.717, 1.165) is 38.5 Å². The third-order valence-electron chi connectivity index (χ3n) is 5.53. The van der Waals surface area contributed by atoms with Gasteiger partial charge in [0.2, 0.25) is 5.72 Å². The van der Waals surface area contributed by atoms with Crippen molar-refractivity contribution < 1.29 is 9.47 Å². The molecule has 138 valence electrons. The fraction of sp³-hybridized carbons (Fsp3) is 0.478. The first kappa shape index (κ1) is 17.4. The SMILES string of the molecule is CC=COC1(N2CCOCCc3cc(C4CC4)ccc32)C=C(C)C=CC1. The largest absolute Gasteiger partial charge is 0.472 e. The molecule has 0 saturated heterocycles. The van der Waals surface area contributed by atoms with Gasteiger partial charge in [-0.1, -0.05) is 30.4 Å². The number of ether oxygens (including phenoxy) is 2. The van der Waals surface area contributed by atoms with Gasteiger partial charge in [0.25, 0.3) is 0 Å². The molecule has 0 radical (unpaired) electrons. The third-order valence-corrected chi connectivity index (χ3v) is 5.53. The summed E-state index contributed by atoms with van der Waals surface area (Å²) in [6.45, 7) is 6.48. The van der Waals surface area contributed by atoms with E-state index in [9.17, 15) is 0 Å². The number of hydrogen-bond acceptors (Lipinski definition) is 3. The molecule has 3 heteroatoms. The van der Waals surface area contributed by atoms with E-state index in [2.05, 4.69) is 48.3 Å². The summed E-state index contributed by atoms with van der Waals surface area (Å²) in [6, 6.07) is 7.05. The summed E-state index contributed by atoms with van der Waals surface area (Å²) in [6.07, 6.45) is 14.9. The topological polar surface area (TPSA) is 21.7 Å². The molecular weight excluding hydrogens is 322 g/mol. The molecule has 0 N–H and O–H groups in total. The number of nitrogens with zero attached hydrogens (tertiary/aromatic N) is 1. The predicted molar refractivity (Wildman–Crippen MR) is 106 cm³/mol. The van der Waals surface area contributed by atoms with Gasteiger partial charge in [-0.25, -0.2) is 0 Å². The molecule has 0 spiro atoms. The highest BCUT2D eigenvalue weighted by atomic mass is 16.5. The van der Waals surface area contributed by atoms with Crippen LogP contribution in [0, 0.1) is 0 Å². The second-order valence-electron chi connectivity index (χ2n) is 7.60. The van der Waals surface area contributed by atoms with E-state index >= 15 is 0 Å². The summed E-state index contributed by atoms with van der Waals surface area (Å²) >= 11 is 0. The van der Waals surface area contributed by atoms with Gasteiger partial charge < -0.3 is 14.4 Å². The maximum Gasteiger partial charge on any atom is 0.205 e. The average Bonchev–Trinajstić information content (AvgIpc) is 3.46. The quantitative estimate of drug-likeness (QED) is 0.705. The smallest absolute Gasteiger partial charge is 0.205 e. The molecular formula is C23H29NO2. The first-order valence-electron chi connectivity index (χ1n) is 9.85. The Balaban J connectivity index is 1.77. The monoisotopic (exact) mass is 351 g/mol. The van der Waals surface area contributed by atoms with Gasteiger partial charge in [-0.05, 0) is 67.9 Å². The molecule has 1 unspecified atom stereocenters. The molecule has 3 nitrogen and oxygen atoms in total. The Labute approximate surface area is 157 Å². The van der Waals surface area contributed by atoms with E-state index < -0.39 is 5.72 Å². The molecule has 1 atom stereocenters. The van der Waals surface area contributed by atoms with Gasteiger partial charge in [0.1, 0.15) is 0 Å². The number of fused-ring (bicyclic) bond motifs is 1. The molecule has 0 aromatic heterocycles. The number of benzene rings is 1. The summed E-state index contributed by atoms with van der Waals surface area (Å²) in [5, 5.41) is 0. The number of anilines is 1. The van der Waals surface area contributed by atoms with Crippen LogP contribution in [0.3, 0.4) is 0 Å². The van der Waals surface area contributed by atoms with Crippen LogP contribution in [0.1, 0.15) is 50.2 Å². The van der Waals surface area contributed by atoms with Gasteiger partial charge in [-0.3, -0.25) is 0 Å². The van der Waals surface area contributed by atoms with Crippen LogP contribution in [0.5, 0.6) is 0 Å². The van der Waals surface area contributed by atoms with Gasteiger partial charge in [-0.15, -0.1) is 0 Å². The first-order chi connectivity index (χ1) is 12.7. The minimum atomic E-state index is -0.484. The molecule has 0 bridgehead atoms. The van der Waals surface area contributed by atoms with Crippen molar-refractivity contribution in [3.05, 3.63) is 65.5 Å². The van der Waals surface area contributed by atoms with Crippen LogP contribution in [0.15, 0.2) is 54.3 Å². The van der Waals surface area contributed by atoms with Crippen molar-refractivity contribution in [3.63, 3.8) is 0 Å². The van der Waals surface area contributed by atoms with E-state index in [1.54, 1.807) is 0 Å². The average molecular weight is 351 g/mol. The molecule has 1 heterocycles.